The van der Waals surface area contributed by atoms with E-state index in [4.69, 9.17) is 5.11 Å². The molecule has 1 heterocycles. The third kappa shape index (κ3) is 2.65. The Morgan fingerprint density at radius 3 is 2.90 bits per heavy atom. The molecule has 0 spiro atoms. The average molecular weight is 270 g/mol. The number of aromatic nitrogens is 1. The lowest BCUT2D eigenvalue weighted by molar-refractivity contribution is 0.0926. The fraction of sp³-hybridized carbons (Fsp3) is 0.375. The normalized spacial score (nSPS) is 16.1. The fourth-order valence-corrected chi connectivity index (χ4v) is 2.60. The van der Waals surface area contributed by atoms with Crippen LogP contribution in [0.5, 0.6) is 0 Å². The number of aliphatic hydroxyl groups excluding tert-OH is 1. The second-order valence-corrected chi connectivity index (χ2v) is 5.31. The molecule has 0 saturated heterocycles. The zero-order valence-electron chi connectivity index (χ0n) is 11.2. The number of rotatable bonds is 5. The Labute approximate surface area is 117 Å². The molecule has 0 radical (unpaired) electrons. The van der Waals surface area contributed by atoms with Crippen molar-refractivity contribution < 1.29 is 9.90 Å². The molecule has 1 aliphatic rings. The number of carbonyl (C=O) groups excluding carboxylic acids is 1. The van der Waals surface area contributed by atoms with Gasteiger partial charge in [-0.3, -0.25) is 9.78 Å². The Bertz CT molecular complexity index is 617. The Hall–Kier alpha value is -1.94. The number of hydrogen-bond donors (Lipinski definition) is 2. The maximum absolute atomic E-state index is 12.5. The minimum Gasteiger partial charge on any atom is -0.396 e. The number of para-hydroxylation sites is 1. The van der Waals surface area contributed by atoms with Crippen LogP contribution in [0.4, 0.5) is 0 Å². The number of hydrogen-bond acceptors (Lipinski definition) is 3. The quantitative estimate of drug-likeness (QED) is 0.875. The maximum Gasteiger partial charge on any atom is 0.252 e. The Morgan fingerprint density at radius 2 is 2.15 bits per heavy atom. The van der Waals surface area contributed by atoms with Crippen molar-refractivity contribution in [2.24, 2.45) is 5.92 Å². The minimum absolute atomic E-state index is 0.0750. The zero-order valence-corrected chi connectivity index (χ0v) is 11.2. The molecule has 1 aromatic heterocycles. The van der Waals surface area contributed by atoms with E-state index in [0.717, 1.165) is 23.7 Å². The molecule has 1 saturated carbocycles. The second-order valence-electron chi connectivity index (χ2n) is 5.31. The van der Waals surface area contributed by atoms with Gasteiger partial charge in [0.2, 0.25) is 0 Å². The number of nitrogens with one attached hydrogen (secondary N) is 1. The minimum atomic E-state index is -0.0750. The Kier molecular flexibility index (Phi) is 3.65. The van der Waals surface area contributed by atoms with E-state index < -0.39 is 0 Å². The van der Waals surface area contributed by atoms with Crippen molar-refractivity contribution in [3.63, 3.8) is 0 Å². The summed E-state index contributed by atoms with van der Waals surface area (Å²) in [6, 6.07) is 9.47. The predicted octanol–water partition coefficient (Wildman–Crippen LogP) is 2.13. The van der Waals surface area contributed by atoms with Crippen LogP contribution in [0.15, 0.2) is 36.5 Å². The molecule has 0 bridgehead atoms. The highest BCUT2D eigenvalue weighted by Crippen LogP contribution is 2.34. The number of benzene rings is 1. The van der Waals surface area contributed by atoms with Crippen LogP contribution in [0.1, 0.15) is 29.6 Å². The van der Waals surface area contributed by atoms with Crippen LogP contribution in [0.2, 0.25) is 0 Å². The van der Waals surface area contributed by atoms with Crippen LogP contribution >= 0.6 is 0 Å². The van der Waals surface area contributed by atoms with Crippen LogP contribution in [0.3, 0.4) is 0 Å². The fourth-order valence-electron chi connectivity index (χ4n) is 2.60. The first-order valence-corrected chi connectivity index (χ1v) is 7.05. The van der Waals surface area contributed by atoms with Crippen LogP contribution in [-0.4, -0.2) is 28.6 Å². The third-order valence-electron chi connectivity index (χ3n) is 3.84. The highest BCUT2D eigenvalue weighted by molar-refractivity contribution is 6.06. The molecule has 3 rings (SSSR count). The van der Waals surface area contributed by atoms with Crippen molar-refractivity contribution in [3.8, 4) is 0 Å². The van der Waals surface area contributed by atoms with Crippen molar-refractivity contribution in [1.29, 1.82) is 0 Å². The van der Waals surface area contributed by atoms with Crippen LogP contribution in [-0.2, 0) is 0 Å². The largest absolute Gasteiger partial charge is 0.396 e. The number of pyridine rings is 1. The summed E-state index contributed by atoms with van der Waals surface area (Å²) in [7, 11) is 0. The predicted molar refractivity (Wildman–Crippen MR) is 77.4 cm³/mol. The van der Waals surface area contributed by atoms with Gasteiger partial charge in [-0.25, -0.2) is 0 Å². The standard InChI is InChI=1S/C16H18N2O2/c19-10-8-14(11-5-6-11)18-16(20)13-7-9-17-15-4-2-1-3-12(13)15/h1-4,7,9,11,14,19H,5-6,8,10H2,(H,18,20). The molecule has 104 valence electrons. The number of carbonyl (C=O) groups is 1. The Morgan fingerprint density at radius 1 is 1.35 bits per heavy atom. The summed E-state index contributed by atoms with van der Waals surface area (Å²) in [6.45, 7) is 0.110. The van der Waals surface area contributed by atoms with Gasteiger partial charge in [0.15, 0.2) is 0 Å². The first-order valence-electron chi connectivity index (χ1n) is 7.05. The number of amides is 1. The first kappa shape index (κ1) is 13.1. The molecule has 1 unspecified atom stereocenters. The molecule has 20 heavy (non-hydrogen) atoms. The monoisotopic (exact) mass is 270 g/mol. The molecule has 4 nitrogen and oxygen atoms in total. The maximum atomic E-state index is 12.5. The number of nitrogens with zero attached hydrogens (tertiary/aromatic N) is 1. The van der Waals surface area contributed by atoms with Crippen molar-refractivity contribution in [3.05, 3.63) is 42.1 Å². The van der Waals surface area contributed by atoms with E-state index >= 15 is 0 Å². The van der Waals surface area contributed by atoms with Gasteiger partial charge in [-0.1, -0.05) is 18.2 Å². The molecule has 1 aromatic carbocycles. The summed E-state index contributed by atoms with van der Waals surface area (Å²) in [5.74, 6) is 0.452. The van der Waals surface area contributed by atoms with Crippen LogP contribution in [0.25, 0.3) is 10.9 Å². The van der Waals surface area contributed by atoms with Crippen LogP contribution < -0.4 is 5.32 Å². The van der Waals surface area contributed by atoms with Gasteiger partial charge in [0.05, 0.1) is 11.1 Å². The lowest BCUT2D eigenvalue weighted by atomic mass is 10.1. The van der Waals surface area contributed by atoms with Gasteiger partial charge in [0.1, 0.15) is 0 Å². The highest BCUT2D eigenvalue weighted by atomic mass is 16.3. The number of fused-ring (bicyclic) bond motifs is 1. The number of aliphatic hydroxyl groups is 1. The van der Waals surface area contributed by atoms with Gasteiger partial charge in [-0.2, -0.15) is 0 Å². The highest BCUT2D eigenvalue weighted by Gasteiger charge is 2.32. The first-order chi connectivity index (χ1) is 9.79. The van der Waals surface area contributed by atoms with Gasteiger partial charge in [0.25, 0.3) is 5.91 Å². The molecule has 1 aliphatic carbocycles. The Balaban J connectivity index is 1.84. The van der Waals surface area contributed by atoms with E-state index in [-0.39, 0.29) is 18.6 Å². The molecule has 0 aliphatic heterocycles. The van der Waals surface area contributed by atoms with Gasteiger partial charge < -0.3 is 10.4 Å². The lowest BCUT2D eigenvalue weighted by Crippen LogP contribution is -2.37. The molecular formula is C16H18N2O2. The summed E-state index contributed by atoms with van der Waals surface area (Å²) in [5, 5.41) is 13.0. The van der Waals surface area contributed by atoms with Crippen LogP contribution in [0, 0.1) is 5.92 Å². The van der Waals surface area contributed by atoms with E-state index in [1.165, 1.54) is 0 Å². The summed E-state index contributed by atoms with van der Waals surface area (Å²) in [6.07, 6.45) is 4.57. The SMILES string of the molecule is O=C(NC(CCO)C1CC1)c1ccnc2ccccc12. The van der Waals surface area contributed by atoms with Gasteiger partial charge in [0, 0.05) is 24.2 Å². The molecule has 2 aromatic rings. The van der Waals surface area contributed by atoms with E-state index in [2.05, 4.69) is 10.3 Å². The summed E-state index contributed by atoms with van der Waals surface area (Å²) in [5.41, 5.74) is 1.48. The molecule has 1 atom stereocenters. The topological polar surface area (TPSA) is 62.2 Å². The molecule has 1 fully saturated rings. The third-order valence-corrected chi connectivity index (χ3v) is 3.84. The molecule has 4 heteroatoms. The van der Waals surface area contributed by atoms with Crippen molar-refractivity contribution >= 4 is 16.8 Å². The smallest absolute Gasteiger partial charge is 0.252 e. The van der Waals surface area contributed by atoms with E-state index in [0.29, 0.717) is 17.9 Å². The zero-order chi connectivity index (χ0) is 13.9. The van der Waals surface area contributed by atoms with Crippen molar-refractivity contribution in [2.45, 2.75) is 25.3 Å². The van der Waals surface area contributed by atoms with Crippen molar-refractivity contribution in [1.82, 2.24) is 10.3 Å². The van der Waals surface area contributed by atoms with Crippen molar-refractivity contribution in [2.75, 3.05) is 6.61 Å². The molecule has 2 N–H and O–H groups in total. The summed E-state index contributed by atoms with van der Waals surface area (Å²) < 4.78 is 0. The van der Waals surface area contributed by atoms with Gasteiger partial charge in [-0.05, 0) is 37.3 Å². The van der Waals surface area contributed by atoms with Gasteiger partial charge in [-0.15, -0.1) is 0 Å². The van der Waals surface area contributed by atoms with E-state index in [9.17, 15) is 4.79 Å². The average Bonchev–Trinajstić information content (AvgIpc) is 3.31. The molecule has 1 amide bonds. The lowest BCUT2D eigenvalue weighted by Gasteiger charge is -2.17. The second kappa shape index (κ2) is 5.59. The van der Waals surface area contributed by atoms with Gasteiger partial charge >= 0.3 is 0 Å². The van der Waals surface area contributed by atoms with E-state index in [1.807, 2.05) is 24.3 Å². The molecular weight excluding hydrogens is 252 g/mol. The summed E-state index contributed by atoms with van der Waals surface area (Å²) >= 11 is 0. The van der Waals surface area contributed by atoms with E-state index in [1.54, 1.807) is 12.3 Å². The summed E-state index contributed by atoms with van der Waals surface area (Å²) in [4.78, 5) is 16.7.